The summed E-state index contributed by atoms with van der Waals surface area (Å²) in [7, 11) is 1.80. The highest BCUT2D eigenvalue weighted by Crippen LogP contribution is 2.25. The van der Waals surface area contributed by atoms with Crippen molar-refractivity contribution < 1.29 is 9.13 Å². The van der Waals surface area contributed by atoms with Gasteiger partial charge in [0.2, 0.25) is 0 Å². The molecule has 6 nitrogen and oxygen atoms in total. The zero-order chi connectivity index (χ0) is 20.5. The van der Waals surface area contributed by atoms with E-state index in [1.807, 2.05) is 18.2 Å². The average molecular weight is 527 g/mol. The van der Waals surface area contributed by atoms with Gasteiger partial charge in [-0.05, 0) is 49.6 Å². The molecule has 0 aliphatic carbocycles. The van der Waals surface area contributed by atoms with E-state index in [1.54, 1.807) is 25.4 Å². The molecule has 2 N–H and O–H groups in total. The molecule has 0 saturated carbocycles. The number of pyridine rings is 1. The highest BCUT2D eigenvalue weighted by atomic mass is 127. The van der Waals surface area contributed by atoms with Gasteiger partial charge in [0, 0.05) is 32.9 Å². The first-order chi connectivity index (χ1) is 14.2. The van der Waals surface area contributed by atoms with E-state index < -0.39 is 0 Å². The summed E-state index contributed by atoms with van der Waals surface area (Å²) in [5.41, 5.74) is 0.985. The molecule has 2 atom stereocenters. The molecule has 1 fully saturated rings. The molecule has 1 saturated heterocycles. The minimum atomic E-state index is -0.232. The Kier molecular flexibility index (Phi) is 10.3. The smallest absolute Gasteiger partial charge is 0.193 e. The molecule has 1 aliphatic heterocycles. The van der Waals surface area contributed by atoms with Gasteiger partial charge >= 0.3 is 0 Å². The Morgan fingerprint density at radius 3 is 2.63 bits per heavy atom. The molecule has 1 aromatic carbocycles. The molecule has 2 aromatic rings. The quantitative estimate of drug-likeness (QED) is 0.246. The van der Waals surface area contributed by atoms with Gasteiger partial charge in [-0.15, -0.1) is 24.0 Å². The van der Waals surface area contributed by atoms with E-state index in [4.69, 9.17) is 4.74 Å². The number of nitrogens with one attached hydrogen (secondary N) is 2. The van der Waals surface area contributed by atoms with Crippen LogP contribution < -0.4 is 10.6 Å². The maximum Gasteiger partial charge on any atom is 0.193 e. The molecule has 3 rings (SSSR count). The molecule has 2 heterocycles. The van der Waals surface area contributed by atoms with Gasteiger partial charge in [0.25, 0.3) is 0 Å². The molecule has 30 heavy (non-hydrogen) atoms. The number of aromatic nitrogens is 1. The third-order valence-corrected chi connectivity index (χ3v) is 4.87. The summed E-state index contributed by atoms with van der Waals surface area (Å²) in [5.74, 6) is 1.56. The first-order valence-corrected chi connectivity index (χ1v) is 10.2. The number of nitrogens with zero attached hydrogens (tertiary/aromatic N) is 3. The number of guanidine groups is 1. The van der Waals surface area contributed by atoms with Gasteiger partial charge < -0.3 is 20.3 Å². The Hall–Kier alpha value is -1.94. The van der Waals surface area contributed by atoms with Crippen molar-refractivity contribution in [3.8, 4) is 0 Å². The maximum absolute atomic E-state index is 13.2. The topological polar surface area (TPSA) is 61.8 Å². The van der Waals surface area contributed by atoms with Crippen molar-refractivity contribution in [2.24, 2.45) is 4.99 Å². The normalized spacial score (nSPS) is 19.2. The van der Waals surface area contributed by atoms with Crippen molar-refractivity contribution >= 4 is 35.8 Å². The van der Waals surface area contributed by atoms with Crippen molar-refractivity contribution in [1.82, 2.24) is 15.2 Å². The van der Waals surface area contributed by atoms with Crippen LogP contribution in [0.4, 0.5) is 10.2 Å². The summed E-state index contributed by atoms with van der Waals surface area (Å²) >= 11 is 0. The summed E-state index contributed by atoms with van der Waals surface area (Å²) < 4.78 is 19.3. The van der Waals surface area contributed by atoms with Crippen LogP contribution in [0.15, 0.2) is 53.7 Å². The summed E-state index contributed by atoms with van der Waals surface area (Å²) in [6.07, 6.45) is 3.83. The van der Waals surface area contributed by atoms with Crippen LogP contribution in [0.2, 0.25) is 0 Å². The number of morpholine rings is 1. The molecule has 0 radical (unpaired) electrons. The summed E-state index contributed by atoms with van der Waals surface area (Å²) in [4.78, 5) is 10.9. The predicted molar refractivity (Wildman–Crippen MR) is 130 cm³/mol. The number of ether oxygens (including phenoxy) is 1. The minimum absolute atomic E-state index is 0. The second kappa shape index (κ2) is 12.7. The average Bonchev–Trinajstić information content (AvgIpc) is 2.74. The molecule has 0 spiro atoms. The van der Waals surface area contributed by atoms with Gasteiger partial charge in [-0.25, -0.2) is 9.37 Å². The van der Waals surface area contributed by atoms with Crippen LogP contribution in [-0.4, -0.2) is 55.2 Å². The van der Waals surface area contributed by atoms with Gasteiger partial charge in [0.05, 0.1) is 12.6 Å². The molecule has 0 amide bonds. The second-order valence-corrected chi connectivity index (χ2v) is 7.21. The van der Waals surface area contributed by atoms with Gasteiger partial charge in [-0.2, -0.15) is 0 Å². The van der Waals surface area contributed by atoms with Gasteiger partial charge in [0.1, 0.15) is 17.7 Å². The second-order valence-electron chi connectivity index (χ2n) is 7.21. The SMILES string of the molecule is CN=C(NCCCCNc1ccccn1)N1CC(C)OC(c2ccc(F)cc2)C1.I. The Bertz CT molecular complexity index is 775. The number of aliphatic imine (C=N–C) groups is 1. The van der Waals surface area contributed by atoms with E-state index in [9.17, 15) is 4.39 Å². The van der Waals surface area contributed by atoms with Gasteiger partial charge in [0.15, 0.2) is 5.96 Å². The van der Waals surface area contributed by atoms with Crippen LogP contribution in [0, 0.1) is 5.82 Å². The summed E-state index contributed by atoms with van der Waals surface area (Å²) in [6, 6.07) is 12.4. The first-order valence-electron chi connectivity index (χ1n) is 10.2. The zero-order valence-electron chi connectivity index (χ0n) is 17.6. The summed E-state index contributed by atoms with van der Waals surface area (Å²) in [5, 5.41) is 6.78. The number of unbranched alkanes of at least 4 members (excludes halogenated alkanes) is 1. The van der Waals surface area contributed by atoms with Crippen LogP contribution in [0.1, 0.15) is 31.4 Å². The predicted octanol–water partition coefficient (Wildman–Crippen LogP) is 4.07. The van der Waals surface area contributed by atoms with Crippen molar-refractivity contribution in [2.75, 3.05) is 38.5 Å². The zero-order valence-corrected chi connectivity index (χ0v) is 19.9. The van der Waals surface area contributed by atoms with Crippen LogP contribution in [0.3, 0.4) is 0 Å². The van der Waals surface area contributed by atoms with Crippen molar-refractivity contribution in [1.29, 1.82) is 0 Å². The van der Waals surface area contributed by atoms with Gasteiger partial charge in [-0.3, -0.25) is 4.99 Å². The lowest BCUT2D eigenvalue weighted by atomic mass is 10.1. The van der Waals surface area contributed by atoms with E-state index in [1.165, 1.54) is 12.1 Å². The fraction of sp³-hybridized carbons (Fsp3) is 0.455. The third-order valence-electron chi connectivity index (χ3n) is 4.87. The largest absolute Gasteiger partial charge is 0.370 e. The number of rotatable bonds is 7. The molecular weight excluding hydrogens is 496 g/mol. The van der Waals surface area contributed by atoms with Crippen LogP contribution in [-0.2, 0) is 4.74 Å². The fourth-order valence-corrected chi connectivity index (χ4v) is 3.45. The Morgan fingerprint density at radius 2 is 1.93 bits per heavy atom. The number of hydrogen-bond donors (Lipinski definition) is 2. The molecule has 164 valence electrons. The Morgan fingerprint density at radius 1 is 1.17 bits per heavy atom. The molecule has 8 heteroatoms. The van der Waals surface area contributed by atoms with E-state index in [-0.39, 0.29) is 42.0 Å². The van der Waals surface area contributed by atoms with Crippen molar-refractivity contribution in [3.05, 3.63) is 60.0 Å². The van der Waals surface area contributed by atoms with Crippen molar-refractivity contribution in [2.45, 2.75) is 32.0 Å². The third kappa shape index (κ3) is 7.39. The number of hydrogen-bond acceptors (Lipinski definition) is 4. The highest BCUT2D eigenvalue weighted by molar-refractivity contribution is 14.0. The monoisotopic (exact) mass is 527 g/mol. The molecule has 2 unspecified atom stereocenters. The molecule has 0 bridgehead atoms. The number of halogens is 2. The van der Waals surface area contributed by atoms with Gasteiger partial charge in [-0.1, -0.05) is 18.2 Å². The van der Waals surface area contributed by atoms with Crippen LogP contribution >= 0.6 is 24.0 Å². The van der Waals surface area contributed by atoms with E-state index in [0.717, 1.165) is 49.8 Å². The van der Waals surface area contributed by atoms with E-state index in [2.05, 4.69) is 32.4 Å². The first kappa shape index (κ1) is 24.3. The van der Waals surface area contributed by atoms with Crippen molar-refractivity contribution in [3.63, 3.8) is 0 Å². The highest BCUT2D eigenvalue weighted by Gasteiger charge is 2.28. The van der Waals surface area contributed by atoms with Crippen LogP contribution in [0.25, 0.3) is 0 Å². The lowest BCUT2D eigenvalue weighted by Crippen LogP contribution is -2.50. The van der Waals surface area contributed by atoms with Crippen LogP contribution in [0.5, 0.6) is 0 Å². The lowest BCUT2D eigenvalue weighted by molar-refractivity contribution is -0.0605. The maximum atomic E-state index is 13.2. The number of benzene rings is 1. The lowest BCUT2D eigenvalue weighted by Gasteiger charge is -2.38. The molecule has 1 aliphatic rings. The summed E-state index contributed by atoms with van der Waals surface area (Å²) in [6.45, 7) is 5.26. The Balaban J connectivity index is 0.00000320. The van der Waals surface area contributed by atoms with E-state index >= 15 is 0 Å². The minimum Gasteiger partial charge on any atom is -0.370 e. The molecular formula is C22H31FIN5O. The standard InChI is InChI=1S/C22H30FN5O.HI/c1-17-15-28(16-20(29-17)18-8-10-19(23)11-9-18)22(24-2)27-14-6-5-13-26-21-7-3-4-12-25-21;/h3-4,7-12,17,20H,5-6,13-16H2,1-2H3,(H,24,27)(H,25,26);1H. The fourth-order valence-electron chi connectivity index (χ4n) is 3.45. The molecule has 1 aromatic heterocycles. The van der Waals surface area contributed by atoms with E-state index in [0.29, 0.717) is 6.54 Å². The number of anilines is 1. The Labute approximate surface area is 195 Å².